The Bertz CT molecular complexity index is 390. The minimum absolute atomic E-state index is 0.179. The van der Waals surface area contributed by atoms with Crippen LogP contribution in [-0.2, 0) is 14.3 Å². The number of hydrogen-bond donors (Lipinski definition) is 0. The Hall–Kier alpha value is -1.16. The van der Waals surface area contributed by atoms with Crippen molar-refractivity contribution < 1.29 is 14.3 Å². The van der Waals surface area contributed by atoms with Gasteiger partial charge in [0.1, 0.15) is 0 Å². The van der Waals surface area contributed by atoms with E-state index in [0.717, 1.165) is 6.42 Å². The Morgan fingerprint density at radius 3 is 2.05 bits per heavy atom. The SMILES string of the molecule is CC(C)CC(C)(C)OCCC(C)(C)N1C(=O)C=CC1=O. The summed E-state index contributed by atoms with van der Waals surface area (Å²) in [6.45, 7) is 12.8. The molecule has 0 bridgehead atoms. The monoisotopic (exact) mass is 281 g/mol. The minimum Gasteiger partial charge on any atom is -0.375 e. The summed E-state index contributed by atoms with van der Waals surface area (Å²) < 4.78 is 5.94. The van der Waals surface area contributed by atoms with E-state index in [1.165, 1.54) is 17.1 Å². The van der Waals surface area contributed by atoms with Crippen LogP contribution in [0.25, 0.3) is 0 Å². The van der Waals surface area contributed by atoms with E-state index in [1.54, 1.807) is 0 Å². The van der Waals surface area contributed by atoms with Gasteiger partial charge in [-0.1, -0.05) is 13.8 Å². The fraction of sp³-hybridized carbons (Fsp3) is 0.750. The molecule has 1 heterocycles. The molecule has 4 nitrogen and oxygen atoms in total. The predicted octanol–water partition coefficient (Wildman–Crippen LogP) is 2.92. The van der Waals surface area contributed by atoms with E-state index < -0.39 is 5.54 Å². The summed E-state index contributed by atoms with van der Waals surface area (Å²) in [4.78, 5) is 24.7. The molecular formula is C16H27NO3. The Morgan fingerprint density at radius 1 is 1.10 bits per heavy atom. The van der Waals surface area contributed by atoms with Crippen LogP contribution in [0.5, 0.6) is 0 Å². The number of ether oxygens (including phenoxy) is 1. The Labute approximate surface area is 122 Å². The zero-order valence-corrected chi connectivity index (χ0v) is 13.5. The van der Waals surface area contributed by atoms with E-state index in [0.29, 0.717) is 18.9 Å². The number of carbonyl (C=O) groups is 2. The van der Waals surface area contributed by atoms with Crippen LogP contribution in [-0.4, -0.2) is 34.5 Å². The van der Waals surface area contributed by atoms with Gasteiger partial charge in [0.15, 0.2) is 0 Å². The van der Waals surface area contributed by atoms with Crippen LogP contribution in [0.1, 0.15) is 54.4 Å². The maximum atomic E-state index is 11.7. The third kappa shape index (κ3) is 4.44. The first-order valence-corrected chi connectivity index (χ1v) is 7.25. The summed E-state index contributed by atoms with van der Waals surface area (Å²) in [7, 11) is 0. The van der Waals surface area contributed by atoms with Crippen LogP contribution >= 0.6 is 0 Å². The van der Waals surface area contributed by atoms with E-state index in [2.05, 4.69) is 27.7 Å². The van der Waals surface area contributed by atoms with Crippen molar-refractivity contribution in [2.24, 2.45) is 5.92 Å². The molecule has 1 rings (SSSR count). The van der Waals surface area contributed by atoms with Crippen LogP contribution in [0.4, 0.5) is 0 Å². The second-order valence-electron chi connectivity index (χ2n) is 7.11. The molecule has 20 heavy (non-hydrogen) atoms. The van der Waals surface area contributed by atoms with Gasteiger partial charge in [-0.25, -0.2) is 0 Å². The molecule has 2 amide bonds. The van der Waals surface area contributed by atoms with Crippen molar-refractivity contribution in [3.63, 3.8) is 0 Å². The van der Waals surface area contributed by atoms with Gasteiger partial charge < -0.3 is 4.74 Å². The highest BCUT2D eigenvalue weighted by atomic mass is 16.5. The molecule has 0 saturated carbocycles. The first kappa shape index (κ1) is 16.9. The third-order valence-corrected chi connectivity index (χ3v) is 3.52. The molecule has 0 aromatic rings. The first-order chi connectivity index (χ1) is 9.05. The zero-order valence-electron chi connectivity index (χ0n) is 13.5. The largest absolute Gasteiger partial charge is 0.375 e. The lowest BCUT2D eigenvalue weighted by Gasteiger charge is -2.35. The van der Waals surface area contributed by atoms with Crippen LogP contribution in [0, 0.1) is 5.92 Å². The molecule has 1 aliphatic rings. The Balaban J connectivity index is 2.52. The molecule has 0 atom stereocenters. The third-order valence-electron chi connectivity index (χ3n) is 3.52. The van der Waals surface area contributed by atoms with Crippen LogP contribution in [0.15, 0.2) is 12.2 Å². The number of hydrogen-bond acceptors (Lipinski definition) is 3. The smallest absolute Gasteiger partial charge is 0.254 e. The van der Waals surface area contributed by atoms with Gasteiger partial charge in [-0.3, -0.25) is 14.5 Å². The maximum absolute atomic E-state index is 11.7. The van der Waals surface area contributed by atoms with Crippen LogP contribution in [0.2, 0.25) is 0 Å². The van der Waals surface area contributed by atoms with Crippen molar-refractivity contribution >= 4 is 11.8 Å². The molecule has 0 aromatic carbocycles. The Morgan fingerprint density at radius 2 is 1.60 bits per heavy atom. The second-order valence-corrected chi connectivity index (χ2v) is 7.11. The molecule has 0 spiro atoms. The molecule has 0 aromatic heterocycles. The van der Waals surface area contributed by atoms with Crippen molar-refractivity contribution in [1.82, 2.24) is 4.90 Å². The van der Waals surface area contributed by atoms with Crippen molar-refractivity contribution in [2.75, 3.05) is 6.61 Å². The topological polar surface area (TPSA) is 46.6 Å². The molecule has 114 valence electrons. The molecule has 0 unspecified atom stereocenters. The number of carbonyl (C=O) groups excluding carboxylic acids is 2. The normalized spacial score (nSPS) is 16.6. The van der Waals surface area contributed by atoms with Crippen molar-refractivity contribution in [3.8, 4) is 0 Å². The molecule has 1 aliphatic heterocycles. The number of rotatable bonds is 7. The molecule has 0 radical (unpaired) electrons. The summed E-state index contributed by atoms with van der Waals surface area (Å²) in [6, 6.07) is 0. The molecule has 4 heteroatoms. The average Bonchev–Trinajstić information content (AvgIpc) is 2.55. The summed E-state index contributed by atoms with van der Waals surface area (Å²) in [5.41, 5.74) is -0.701. The van der Waals surface area contributed by atoms with Crippen molar-refractivity contribution in [2.45, 2.75) is 65.5 Å². The highest BCUT2D eigenvalue weighted by Gasteiger charge is 2.37. The van der Waals surface area contributed by atoms with E-state index in [9.17, 15) is 9.59 Å². The molecule has 0 N–H and O–H groups in total. The van der Waals surface area contributed by atoms with Gasteiger partial charge in [0.2, 0.25) is 0 Å². The van der Waals surface area contributed by atoms with Crippen LogP contribution < -0.4 is 0 Å². The summed E-state index contributed by atoms with van der Waals surface area (Å²) in [6.07, 6.45) is 4.27. The van der Waals surface area contributed by atoms with E-state index in [4.69, 9.17) is 4.74 Å². The number of nitrogens with zero attached hydrogens (tertiary/aromatic N) is 1. The fourth-order valence-electron chi connectivity index (χ4n) is 2.73. The quantitative estimate of drug-likeness (QED) is 0.674. The zero-order chi connectivity index (χ0) is 15.6. The van der Waals surface area contributed by atoms with Gasteiger partial charge in [-0.05, 0) is 46.5 Å². The lowest BCUT2D eigenvalue weighted by atomic mass is 9.95. The number of imide groups is 1. The lowest BCUT2D eigenvalue weighted by Crippen LogP contribution is -2.48. The van der Waals surface area contributed by atoms with Gasteiger partial charge in [0.25, 0.3) is 11.8 Å². The van der Waals surface area contributed by atoms with Crippen molar-refractivity contribution in [1.29, 1.82) is 0 Å². The summed E-state index contributed by atoms with van der Waals surface area (Å²) >= 11 is 0. The van der Waals surface area contributed by atoms with Crippen molar-refractivity contribution in [3.05, 3.63) is 12.2 Å². The number of amides is 2. The van der Waals surface area contributed by atoms with Gasteiger partial charge in [-0.2, -0.15) is 0 Å². The maximum Gasteiger partial charge on any atom is 0.254 e. The predicted molar refractivity (Wildman–Crippen MR) is 79.2 cm³/mol. The molecule has 0 saturated heterocycles. The van der Waals surface area contributed by atoms with Gasteiger partial charge >= 0.3 is 0 Å². The summed E-state index contributed by atoms with van der Waals surface area (Å²) in [5.74, 6) is 0.104. The standard InChI is InChI=1S/C16H27NO3/c1-12(2)11-16(5,6)20-10-9-15(3,4)17-13(18)7-8-14(17)19/h7-8,12H,9-11H2,1-6H3. The first-order valence-electron chi connectivity index (χ1n) is 7.25. The Kier molecular flexibility index (Phi) is 5.14. The fourth-order valence-corrected chi connectivity index (χ4v) is 2.73. The lowest BCUT2D eigenvalue weighted by molar-refractivity contribution is -0.144. The van der Waals surface area contributed by atoms with Crippen LogP contribution in [0.3, 0.4) is 0 Å². The van der Waals surface area contributed by atoms with E-state index in [-0.39, 0.29) is 17.4 Å². The van der Waals surface area contributed by atoms with Gasteiger partial charge in [0.05, 0.1) is 5.60 Å². The minimum atomic E-state index is -0.522. The highest BCUT2D eigenvalue weighted by Crippen LogP contribution is 2.25. The van der Waals surface area contributed by atoms with Gasteiger partial charge in [0, 0.05) is 24.3 Å². The molecule has 0 aliphatic carbocycles. The molecular weight excluding hydrogens is 254 g/mol. The highest BCUT2D eigenvalue weighted by molar-refractivity contribution is 6.13. The van der Waals surface area contributed by atoms with Gasteiger partial charge in [-0.15, -0.1) is 0 Å². The van der Waals surface area contributed by atoms with E-state index in [1.807, 2.05) is 13.8 Å². The average molecular weight is 281 g/mol. The summed E-state index contributed by atoms with van der Waals surface area (Å²) in [5, 5.41) is 0. The molecule has 0 fully saturated rings. The van der Waals surface area contributed by atoms with E-state index >= 15 is 0 Å². The second kappa shape index (κ2) is 6.08.